The number of halogens is 1. The van der Waals surface area contributed by atoms with E-state index in [0.29, 0.717) is 49.7 Å². The normalized spacial score (nSPS) is 16.8. The van der Waals surface area contributed by atoms with Crippen LogP contribution in [-0.2, 0) is 4.79 Å². The Labute approximate surface area is 151 Å². The number of hydrogen-bond acceptors (Lipinski definition) is 5. The van der Waals surface area contributed by atoms with E-state index in [1.807, 2.05) is 11.0 Å². The molecule has 1 fully saturated rings. The van der Waals surface area contributed by atoms with E-state index >= 15 is 0 Å². The number of nitrogens with zero attached hydrogens (tertiary/aromatic N) is 3. The molecule has 2 heterocycles. The molecule has 1 N–H and O–H groups in total. The molecule has 1 aromatic heterocycles. The van der Waals surface area contributed by atoms with Gasteiger partial charge in [0.25, 0.3) is 0 Å². The van der Waals surface area contributed by atoms with E-state index in [1.54, 1.807) is 36.4 Å². The van der Waals surface area contributed by atoms with Crippen LogP contribution in [0.1, 0.15) is 18.5 Å². The lowest BCUT2D eigenvalue weighted by molar-refractivity contribution is -0.116. The number of likely N-dealkylation sites (tertiary alicyclic amines) is 1. The third-order valence-corrected chi connectivity index (χ3v) is 4.09. The monoisotopic (exact) mass is 354 g/mol. The molecule has 0 saturated carbocycles. The van der Waals surface area contributed by atoms with Crippen molar-refractivity contribution in [1.29, 1.82) is 5.26 Å². The van der Waals surface area contributed by atoms with Crippen molar-refractivity contribution >= 4 is 11.6 Å². The lowest BCUT2D eigenvalue weighted by Crippen LogP contribution is -2.26. The van der Waals surface area contributed by atoms with Crippen LogP contribution >= 0.6 is 0 Å². The van der Waals surface area contributed by atoms with Crippen LogP contribution in [0.15, 0.2) is 42.6 Å². The summed E-state index contributed by atoms with van der Waals surface area (Å²) in [5, 5.41) is 11.7. The zero-order valence-corrected chi connectivity index (χ0v) is 14.2. The lowest BCUT2D eigenvalue weighted by Gasteiger charge is -2.14. The molecule has 1 aromatic carbocycles. The minimum Gasteiger partial charge on any atom is -0.457 e. The highest BCUT2D eigenvalue weighted by molar-refractivity contribution is 5.90. The van der Waals surface area contributed by atoms with E-state index in [1.165, 1.54) is 6.20 Å². The Kier molecular flexibility index (Phi) is 5.77. The number of anilines is 1. The first-order chi connectivity index (χ1) is 12.6. The quantitative estimate of drug-likeness (QED) is 0.862. The van der Waals surface area contributed by atoms with Gasteiger partial charge in [0.1, 0.15) is 29.4 Å². The molecule has 0 spiro atoms. The summed E-state index contributed by atoms with van der Waals surface area (Å²) in [4.78, 5) is 17.8. The number of pyridine rings is 1. The summed E-state index contributed by atoms with van der Waals surface area (Å²) in [5.74, 6) is 1.00. The molecule has 2 aromatic rings. The average Bonchev–Trinajstić information content (AvgIpc) is 3.07. The Morgan fingerprint density at radius 2 is 2.15 bits per heavy atom. The van der Waals surface area contributed by atoms with Crippen molar-refractivity contribution in [3.63, 3.8) is 0 Å². The van der Waals surface area contributed by atoms with E-state index in [9.17, 15) is 9.18 Å². The van der Waals surface area contributed by atoms with Gasteiger partial charge in [-0.2, -0.15) is 5.26 Å². The Hall–Kier alpha value is -2.98. The molecule has 1 unspecified atom stereocenters. The zero-order chi connectivity index (χ0) is 18.4. The number of rotatable bonds is 6. The van der Waals surface area contributed by atoms with Gasteiger partial charge in [0.2, 0.25) is 5.91 Å². The summed E-state index contributed by atoms with van der Waals surface area (Å²) in [6, 6.07) is 12.1. The second kappa shape index (κ2) is 8.41. The highest BCUT2D eigenvalue weighted by atomic mass is 19.1. The number of ether oxygens (including phenoxy) is 1. The van der Waals surface area contributed by atoms with Gasteiger partial charge in [0.15, 0.2) is 0 Å². The van der Waals surface area contributed by atoms with Crippen molar-refractivity contribution in [3.8, 4) is 17.6 Å². The fourth-order valence-electron chi connectivity index (χ4n) is 2.75. The first kappa shape index (κ1) is 17.8. The van der Waals surface area contributed by atoms with Gasteiger partial charge >= 0.3 is 0 Å². The van der Waals surface area contributed by atoms with Gasteiger partial charge in [-0.05, 0) is 36.8 Å². The molecule has 26 heavy (non-hydrogen) atoms. The predicted molar refractivity (Wildman–Crippen MR) is 94.7 cm³/mol. The first-order valence-electron chi connectivity index (χ1n) is 8.43. The van der Waals surface area contributed by atoms with Crippen LogP contribution in [0.3, 0.4) is 0 Å². The topological polar surface area (TPSA) is 78.2 Å². The molecule has 6 nitrogen and oxygen atoms in total. The maximum atomic E-state index is 13.1. The van der Waals surface area contributed by atoms with Crippen LogP contribution in [0.2, 0.25) is 0 Å². The van der Waals surface area contributed by atoms with Crippen LogP contribution in [0.4, 0.5) is 10.1 Å². The molecule has 0 bridgehead atoms. The summed E-state index contributed by atoms with van der Waals surface area (Å²) in [5.41, 5.74) is 0.947. The summed E-state index contributed by atoms with van der Waals surface area (Å²) in [6.45, 7) is 1.70. The van der Waals surface area contributed by atoms with Crippen LogP contribution < -0.4 is 10.1 Å². The zero-order valence-electron chi connectivity index (χ0n) is 14.2. The van der Waals surface area contributed by atoms with Gasteiger partial charge in [-0.25, -0.2) is 9.37 Å². The minimum absolute atomic E-state index is 0.103. The standard InChI is InChI=1S/C19H19FN4O2/c20-14-6-9-24(13-14)10-7-19(25)23-15-1-3-17(4-2-15)26-18-5-8-22-16(11-18)12-21/h1-5,8,11,14H,6-7,9-10,13H2,(H,23,25). The third kappa shape index (κ3) is 5.01. The molecule has 1 aliphatic heterocycles. The number of aromatic nitrogens is 1. The highest BCUT2D eigenvalue weighted by Gasteiger charge is 2.21. The van der Waals surface area contributed by atoms with E-state index in [2.05, 4.69) is 10.3 Å². The Bertz CT molecular complexity index is 804. The van der Waals surface area contributed by atoms with Gasteiger partial charge < -0.3 is 10.1 Å². The van der Waals surface area contributed by atoms with Crippen molar-refractivity contribution in [2.24, 2.45) is 0 Å². The predicted octanol–water partition coefficient (Wildman–Crippen LogP) is 3.12. The number of carbonyl (C=O) groups is 1. The first-order valence-corrected chi connectivity index (χ1v) is 8.43. The average molecular weight is 354 g/mol. The number of nitriles is 1. The molecule has 1 aliphatic rings. The maximum Gasteiger partial charge on any atom is 0.225 e. The van der Waals surface area contributed by atoms with Crippen LogP contribution in [0.25, 0.3) is 0 Å². The third-order valence-electron chi connectivity index (χ3n) is 4.09. The smallest absolute Gasteiger partial charge is 0.225 e. The van der Waals surface area contributed by atoms with Crippen LogP contribution in [0.5, 0.6) is 11.5 Å². The Balaban J connectivity index is 1.49. The lowest BCUT2D eigenvalue weighted by atomic mass is 10.2. The van der Waals surface area contributed by atoms with Gasteiger partial charge in [0, 0.05) is 44.0 Å². The fraction of sp³-hybridized carbons (Fsp3) is 0.316. The highest BCUT2D eigenvalue weighted by Crippen LogP contribution is 2.23. The number of carbonyl (C=O) groups excluding carboxylic acids is 1. The van der Waals surface area contributed by atoms with Crippen molar-refractivity contribution in [2.75, 3.05) is 25.0 Å². The molecule has 134 valence electrons. The summed E-state index contributed by atoms with van der Waals surface area (Å²) in [6.07, 6.45) is 1.62. The molecule has 1 atom stereocenters. The molecule has 1 saturated heterocycles. The van der Waals surface area contributed by atoms with E-state index < -0.39 is 6.17 Å². The SMILES string of the molecule is N#Cc1cc(Oc2ccc(NC(=O)CCN3CCC(F)C3)cc2)ccn1. The van der Waals surface area contributed by atoms with Gasteiger partial charge in [-0.1, -0.05) is 0 Å². The maximum absolute atomic E-state index is 13.1. The molecule has 0 aliphatic carbocycles. The van der Waals surface area contributed by atoms with E-state index in [4.69, 9.17) is 10.00 Å². The summed E-state index contributed by atoms with van der Waals surface area (Å²) in [7, 11) is 0. The summed E-state index contributed by atoms with van der Waals surface area (Å²) < 4.78 is 18.8. The fourth-order valence-corrected chi connectivity index (χ4v) is 2.75. The summed E-state index contributed by atoms with van der Waals surface area (Å²) >= 11 is 0. The Morgan fingerprint density at radius 1 is 1.35 bits per heavy atom. The second-order valence-corrected chi connectivity index (χ2v) is 6.10. The molecule has 1 amide bonds. The van der Waals surface area contributed by atoms with Gasteiger partial charge in [-0.3, -0.25) is 9.69 Å². The number of nitrogens with one attached hydrogen (secondary N) is 1. The largest absolute Gasteiger partial charge is 0.457 e. The van der Waals surface area contributed by atoms with E-state index in [0.717, 1.165) is 0 Å². The van der Waals surface area contributed by atoms with Crippen molar-refractivity contribution < 1.29 is 13.9 Å². The van der Waals surface area contributed by atoms with Crippen molar-refractivity contribution in [2.45, 2.75) is 19.0 Å². The molecule has 0 radical (unpaired) electrons. The molecular weight excluding hydrogens is 335 g/mol. The number of amides is 1. The minimum atomic E-state index is -0.768. The van der Waals surface area contributed by atoms with E-state index in [-0.39, 0.29) is 11.6 Å². The van der Waals surface area contributed by atoms with Gasteiger partial charge in [0.05, 0.1) is 0 Å². The second-order valence-electron chi connectivity index (χ2n) is 6.10. The Morgan fingerprint density at radius 3 is 2.85 bits per heavy atom. The van der Waals surface area contributed by atoms with Crippen molar-refractivity contribution in [3.05, 3.63) is 48.3 Å². The van der Waals surface area contributed by atoms with Gasteiger partial charge in [-0.15, -0.1) is 0 Å². The molecular formula is C19H19FN4O2. The van der Waals surface area contributed by atoms with Crippen LogP contribution in [0, 0.1) is 11.3 Å². The number of hydrogen-bond donors (Lipinski definition) is 1. The number of benzene rings is 1. The molecule has 3 rings (SSSR count). The number of alkyl halides is 1. The molecule has 7 heteroatoms. The van der Waals surface area contributed by atoms with Crippen LogP contribution in [-0.4, -0.2) is 41.6 Å². The van der Waals surface area contributed by atoms with Crippen molar-refractivity contribution in [1.82, 2.24) is 9.88 Å².